The van der Waals surface area contributed by atoms with Crippen LogP contribution in [-0.4, -0.2) is 11.1 Å². The molecule has 0 amide bonds. The average Bonchev–Trinajstić information content (AvgIpc) is 2.51. The molecule has 0 saturated carbocycles. The molecule has 2 heteroatoms. The number of rotatable bonds is 2. The second-order valence-corrected chi connectivity index (χ2v) is 5.13. The number of aryl methyl sites for hydroxylation is 1. The first kappa shape index (κ1) is 12.6. The molecule has 0 unspecified atom stereocenters. The lowest BCUT2D eigenvalue weighted by atomic mass is 10.0. The minimum atomic E-state index is -0.850. The van der Waals surface area contributed by atoms with Crippen LogP contribution in [0, 0.1) is 13.8 Å². The van der Waals surface area contributed by atoms with Gasteiger partial charge in [0.25, 0.3) is 0 Å². The molecular weight excluding hydrogens is 224 g/mol. The van der Waals surface area contributed by atoms with Crippen LogP contribution in [0.25, 0.3) is 11.1 Å². The van der Waals surface area contributed by atoms with Crippen LogP contribution >= 0.6 is 0 Å². The van der Waals surface area contributed by atoms with E-state index in [0.717, 1.165) is 22.3 Å². The molecule has 1 N–H and O–H groups in total. The smallest absolute Gasteiger partial charge is 0.335 e. The standard InChI is InChI=1S/C16H18O2/c1-9(2)12-6-5-10(3)13-8-15(16(17)18)11(4)14(13)7-12/h5-9H,1-4H3,(H,17,18). The molecule has 0 aromatic rings. The van der Waals surface area contributed by atoms with Gasteiger partial charge in [0.05, 0.1) is 5.56 Å². The molecule has 0 saturated heterocycles. The Labute approximate surface area is 108 Å². The van der Waals surface area contributed by atoms with Gasteiger partial charge in [-0.3, -0.25) is 0 Å². The van der Waals surface area contributed by atoms with Crippen LogP contribution < -0.4 is 0 Å². The Morgan fingerprint density at radius 1 is 1.11 bits per heavy atom. The fourth-order valence-corrected chi connectivity index (χ4v) is 2.30. The summed E-state index contributed by atoms with van der Waals surface area (Å²) in [6.45, 7) is 8.20. The topological polar surface area (TPSA) is 37.3 Å². The normalized spacial score (nSPS) is 11.2. The van der Waals surface area contributed by atoms with Gasteiger partial charge in [0.2, 0.25) is 0 Å². The van der Waals surface area contributed by atoms with Crippen molar-refractivity contribution in [3.05, 3.63) is 46.5 Å². The highest BCUT2D eigenvalue weighted by molar-refractivity contribution is 5.96. The summed E-state index contributed by atoms with van der Waals surface area (Å²) in [5.41, 5.74) is 5.72. The van der Waals surface area contributed by atoms with Gasteiger partial charge < -0.3 is 5.11 Å². The molecule has 0 fully saturated rings. The Hall–Kier alpha value is -1.83. The Morgan fingerprint density at radius 3 is 2.33 bits per heavy atom. The molecule has 2 aliphatic carbocycles. The van der Waals surface area contributed by atoms with Gasteiger partial charge >= 0.3 is 5.97 Å². The highest BCUT2D eigenvalue weighted by Crippen LogP contribution is 2.35. The maximum absolute atomic E-state index is 11.2. The Balaban J connectivity index is 2.79. The van der Waals surface area contributed by atoms with Crippen molar-refractivity contribution in [1.29, 1.82) is 0 Å². The summed E-state index contributed by atoms with van der Waals surface area (Å²) in [6.07, 6.45) is 0. The van der Waals surface area contributed by atoms with E-state index in [2.05, 4.69) is 32.0 Å². The van der Waals surface area contributed by atoms with Crippen molar-refractivity contribution in [1.82, 2.24) is 0 Å². The fraction of sp³-hybridized carbons (Fsp3) is 0.312. The Kier molecular flexibility index (Phi) is 3.12. The summed E-state index contributed by atoms with van der Waals surface area (Å²) in [5, 5.41) is 9.20. The molecular formula is C16H18O2. The molecule has 0 spiro atoms. The highest BCUT2D eigenvalue weighted by Gasteiger charge is 2.18. The van der Waals surface area contributed by atoms with Crippen molar-refractivity contribution >= 4 is 5.97 Å². The van der Waals surface area contributed by atoms with Gasteiger partial charge in [-0.05, 0) is 53.6 Å². The van der Waals surface area contributed by atoms with E-state index in [1.165, 1.54) is 5.56 Å². The zero-order valence-corrected chi connectivity index (χ0v) is 11.2. The van der Waals surface area contributed by atoms with Gasteiger partial charge in [-0.25, -0.2) is 4.79 Å². The molecule has 0 heterocycles. The number of aromatic carboxylic acids is 1. The van der Waals surface area contributed by atoms with Crippen LogP contribution in [0.4, 0.5) is 0 Å². The van der Waals surface area contributed by atoms with Crippen LogP contribution in [0.5, 0.6) is 0 Å². The third-order valence-electron chi connectivity index (χ3n) is 3.55. The molecule has 0 atom stereocenters. The zero-order valence-electron chi connectivity index (χ0n) is 11.2. The third-order valence-corrected chi connectivity index (χ3v) is 3.55. The first-order chi connectivity index (χ1) is 8.41. The minimum Gasteiger partial charge on any atom is -0.478 e. The monoisotopic (exact) mass is 242 g/mol. The number of carbonyl (C=O) groups is 1. The van der Waals surface area contributed by atoms with Crippen LogP contribution in [0.3, 0.4) is 0 Å². The number of fused-ring (bicyclic) bond motifs is 1. The van der Waals surface area contributed by atoms with Gasteiger partial charge in [-0.2, -0.15) is 0 Å². The molecule has 2 aliphatic rings. The number of hydrogen-bond acceptors (Lipinski definition) is 1. The molecule has 0 bridgehead atoms. The first-order valence-corrected chi connectivity index (χ1v) is 6.19. The third kappa shape index (κ3) is 1.99. The molecule has 2 nitrogen and oxygen atoms in total. The number of carboxylic acid groups (broad SMARTS) is 1. The molecule has 94 valence electrons. The van der Waals surface area contributed by atoms with Crippen molar-refractivity contribution in [3.63, 3.8) is 0 Å². The zero-order chi connectivity index (χ0) is 13.4. The van der Waals surface area contributed by atoms with Crippen LogP contribution in [0.2, 0.25) is 0 Å². The summed E-state index contributed by atoms with van der Waals surface area (Å²) < 4.78 is 0. The SMILES string of the molecule is Cc1ccc(C(C)C)cc2c(C)c(C(=O)O)cc1-2. The molecule has 0 aromatic carbocycles. The Bertz CT molecular complexity index is 582. The van der Waals surface area contributed by atoms with Gasteiger partial charge in [0.15, 0.2) is 0 Å². The van der Waals surface area contributed by atoms with Crippen molar-refractivity contribution < 1.29 is 9.90 Å². The number of hydrogen-bond donors (Lipinski definition) is 1. The van der Waals surface area contributed by atoms with Crippen LogP contribution in [0.1, 0.15) is 46.8 Å². The second kappa shape index (κ2) is 4.45. The van der Waals surface area contributed by atoms with Crippen molar-refractivity contribution in [2.45, 2.75) is 33.6 Å². The fourth-order valence-electron chi connectivity index (χ4n) is 2.30. The maximum atomic E-state index is 11.2. The Morgan fingerprint density at radius 2 is 1.78 bits per heavy atom. The van der Waals surface area contributed by atoms with Gasteiger partial charge in [-0.1, -0.05) is 32.0 Å². The molecule has 18 heavy (non-hydrogen) atoms. The van der Waals surface area contributed by atoms with E-state index in [1.807, 2.05) is 13.8 Å². The van der Waals surface area contributed by atoms with E-state index in [1.54, 1.807) is 6.07 Å². The summed E-state index contributed by atoms with van der Waals surface area (Å²) >= 11 is 0. The van der Waals surface area contributed by atoms with Crippen molar-refractivity contribution in [2.75, 3.05) is 0 Å². The van der Waals surface area contributed by atoms with E-state index in [4.69, 9.17) is 0 Å². The van der Waals surface area contributed by atoms with Crippen LogP contribution in [0.15, 0.2) is 24.3 Å². The van der Waals surface area contributed by atoms with Gasteiger partial charge in [0.1, 0.15) is 0 Å². The van der Waals surface area contributed by atoms with E-state index < -0.39 is 5.97 Å². The van der Waals surface area contributed by atoms with Crippen LogP contribution in [-0.2, 0) is 0 Å². The molecule has 0 aliphatic heterocycles. The molecule has 2 rings (SSSR count). The summed E-state index contributed by atoms with van der Waals surface area (Å²) in [5.74, 6) is -0.417. The molecule has 0 radical (unpaired) electrons. The van der Waals surface area contributed by atoms with E-state index in [9.17, 15) is 9.90 Å². The van der Waals surface area contributed by atoms with E-state index in [0.29, 0.717) is 11.5 Å². The molecule has 0 aromatic heterocycles. The van der Waals surface area contributed by atoms with Crippen molar-refractivity contribution in [2.24, 2.45) is 0 Å². The maximum Gasteiger partial charge on any atom is 0.335 e. The number of carboxylic acids is 1. The predicted octanol–water partition coefficient (Wildman–Crippen LogP) is 4.23. The quantitative estimate of drug-likeness (QED) is 0.855. The predicted molar refractivity (Wildman–Crippen MR) is 73.6 cm³/mol. The van der Waals surface area contributed by atoms with Crippen molar-refractivity contribution in [3.8, 4) is 11.1 Å². The summed E-state index contributed by atoms with van der Waals surface area (Å²) in [6, 6.07) is 8.10. The lowest BCUT2D eigenvalue weighted by Crippen LogP contribution is -1.95. The van der Waals surface area contributed by atoms with E-state index >= 15 is 0 Å². The summed E-state index contributed by atoms with van der Waals surface area (Å²) in [4.78, 5) is 11.2. The van der Waals surface area contributed by atoms with E-state index in [-0.39, 0.29) is 0 Å². The second-order valence-electron chi connectivity index (χ2n) is 5.13. The van der Waals surface area contributed by atoms with Gasteiger partial charge in [0, 0.05) is 0 Å². The average molecular weight is 242 g/mol. The lowest BCUT2D eigenvalue weighted by molar-refractivity contribution is 0.0696. The largest absolute Gasteiger partial charge is 0.478 e. The minimum absolute atomic E-state index is 0.411. The lowest BCUT2D eigenvalue weighted by Gasteiger charge is -2.03. The highest BCUT2D eigenvalue weighted by atomic mass is 16.4. The summed E-state index contributed by atoms with van der Waals surface area (Å²) in [7, 11) is 0. The first-order valence-electron chi connectivity index (χ1n) is 6.19. The van der Waals surface area contributed by atoms with Gasteiger partial charge in [-0.15, -0.1) is 0 Å².